The maximum absolute atomic E-state index is 14.2. The summed E-state index contributed by atoms with van der Waals surface area (Å²) in [5, 5.41) is 54.1. The lowest BCUT2D eigenvalue weighted by Crippen LogP contribution is -2.59. The summed E-state index contributed by atoms with van der Waals surface area (Å²) in [7, 11) is 0. The highest BCUT2D eigenvalue weighted by molar-refractivity contribution is 6.00. The first-order valence-corrected chi connectivity index (χ1v) is 35.4. The van der Waals surface area contributed by atoms with Crippen LogP contribution in [0.1, 0.15) is 145 Å². The van der Waals surface area contributed by atoms with E-state index in [0.717, 1.165) is 6.42 Å². The third kappa shape index (κ3) is 34.1. The molecule has 22 N–H and O–H groups in total. The predicted molar refractivity (Wildman–Crippen MR) is 386 cm³/mol. The number of imidazole rings is 2. The first kappa shape index (κ1) is 90.1. The topological polar surface area (TPSA) is 591 Å². The fourth-order valence-corrected chi connectivity index (χ4v) is 10.7. The monoisotopic (exact) mass is 1500 g/mol. The molecular weight excluding hydrogens is 1400 g/mol. The van der Waals surface area contributed by atoms with Gasteiger partial charge in [-0.25, -0.2) is 9.97 Å². The molecule has 592 valence electrons. The smallest absolute Gasteiger partial charge is 0.303 e. The van der Waals surface area contributed by atoms with Crippen LogP contribution in [0.5, 0.6) is 5.75 Å². The number of carbonyl (C=O) groups excluding carboxylic acids is 15. The molecule has 13 atom stereocenters. The third-order valence-corrected chi connectivity index (χ3v) is 16.5. The molecule has 38 heteroatoms. The quantitative estimate of drug-likeness (QED) is 0.0255. The van der Waals surface area contributed by atoms with E-state index in [9.17, 15) is 86.9 Å². The summed E-state index contributed by atoms with van der Waals surface area (Å²) in [5.41, 5.74) is 12.8. The summed E-state index contributed by atoms with van der Waals surface area (Å²) in [5.74, 6) is -14.8. The number of phenols is 1. The molecule has 0 aliphatic heterocycles. The highest BCUT2D eigenvalue weighted by Gasteiger charge is 2.36. The Morgan fingerprint density at radius 3 is 1.32 bits per heavy atom. The number of carboxylic acids is 1. The van der Waals surface area contributed by atoms with Gasteiger partial charge in [-0.1, -0.05) is 73.9 Å². The first-order chi connectivity index (χ1) is 50.2. The molecule has 0 saturated heterocycles. The molecule has 0 aliphatic carbocycles. The van der Waals surface area contributed by atoms with Crippen molar-refractivity contribution in [1.29, 1.82) is 0 Å². The molecule has 107 heavy (non-hydrogen) atoms. The van der Waals surface area contributed by atoms with Gasteiger partial charge in [0.15, 0.2) is 0 Å². The van der Waals surface area contributed by atoms with Crippen molar-refractivity contribution < 1.29 is 86.9 Å². The zero-order valence-corrected chi connectivity index (χ0v) is 62.5. The van der Waals surface area contributed by atoms with Crippen LogP contribution in [0.2, 0.25) is 0 Å². The van der Waals surface area contributed by atoms with Gasteiger partial charge in [0, 0.05) is 49.1 Å². The average Bonchev–Trinajstić information content (AvgIpc) is 1.57. The van der Waals surface area contributed by atoms with Crippen LogP contribution in [-0.2, 0) is 96.0 Å². The number of aromatic nitrogens is 4. The van der Waals surface area contributed by atoms with Crippen LogP contribution in [0.3, 0.4) is 0 Å². The number of aromatic amines is 2. The van der Waals surface area contributed by atoms with E-state index in [1.165, 1.54) is 58.0 Å². The zero-order chi connectivity index (χ0) is 80.4. The summed E-state index contributed by atoms with van der Waals surface area (Å²) in [4.78, 5) is 227. The Bertz CT molecular complexity index is 3500. The van der Waals surface area contributed by atoms with Crippen LogP contribution in [-0.4, -0.2) is 217 Å². The van der Waals surface area contributed by atoms with E-state index in [-0.39, 0.29) is 74.0 Å². The van der Waals surface area contributed by atoms with Crippen molar-refractivity contribution in [2.24, 2.45) is 35.1 Å². The number of hydrogen-bond acceptors (Lipinski definition) is 20. The van der Waals surface area contributed by atoms with Crippen molar-refractivity contribution >= 4 is 94.6 Å². The van der Waals surface area contributed by atoms with Gasteiger partial charge in [0.2, 0.25) is 88.6 Å². The molecule has 3 aromatic rings. The van der Waals surface area contributed by atoms with Gasteiger partial charge < -0.3 is 106 Å². The van der Waals surface area contributed by atoms with E-state index in [1.807, 2.05) is 27.7 Å². The minimum Gasteiger partial charge on any atom is -0.508 e. The van der Waals surface area contributed by atoms with Crippen LogP contribution in [0, 0.1) is 23.7 Å². The van der Waals surface area contributed by atoms with Gasteiger partial charge >= 0.3 is 5.97 Å². The Kier molecular flexibility index (Phi) is 38.2. The molecule has 2 aromatic heterocycles. The molecule has 0 saturated carbocycles. The lowest BCUT2D eigenvalue weighted by atomic mass is 9.97. The van der Waals surface area contributed by atoms with Gasteiger partial charge in [-0.3, -0.25) is 76.7 Å². The summed E-state index contributed by atoms with van der Waals surface area (Å²) in [6.45, 7) is 18.2. The number of nitrogens with one attached hydrogen (secondary N) is 16. The van der Waals surface area contributed by atoms with Gasteiger partial charge in [-0.05, 0) is 101 Å². The average molecular weight is 1510 g/mol. The second-order valence-corrected chi connectivity index (χ2v) is 27.7. The van der Waals surface area contributed by atoms with Crippen molar-refractivity contribution in [2.75, 3.05) is 19.6 Å². The number of H-pyrrole nitrogens is 2. The van der Waals surface area contributed by atoms with Crippen LogP contribution in [0.4, 0.5) is 0 Å². The number of benzene rings is 1. The van der Waals surface area contributed by atoms with Crippen molar-refractivity contribution in [3.05, 3.63) is 66.3 Å². The molecular formula is C69H108N20O18. The Morgan fingerprint density at radius 1 is 0.439 bits per heavy atom. The maximum atomic E-state index is 14.2. The van der Waals surface area contributed by atoms with E-state index in [0.29, 0.717) is 29.3 Å². The highest BCUT2D eigenvalue weighted by atomic mass is 16.4. The Labute approximate surface area is 620 Å². The number of carbonyl (C=O) groups is 16. The predicted octanol–water partition coefficient (Wildman–Crippen LogP) is -4.12. The molecule has 38 nitrogen and oxygen atoms in total. The largest absolute Gasteiger partial charge is 0.508 e. The van der Waals surface area contributed by atoms with Gasteiger partial charge in [-0.15, -0.1) is 0 Å². The summed E-state index contributed by atoms with van der Waals surface area (Å²) in [6.07, 6.45) is 4.32. The lowest BCUT2D eigenvalue weighted by Gasteiger charge is -2.28. The molecule has 2 heterocycles. The van der Waals surface area contributed by atoms with E-state index < -0.39 is 188 Å². The van der Waals surface area contributed by atoms with E-state index >= 15 is 0 Å². The normalized spacial score (nSPS) is 14.8. The van der Waals surface area contributed by atoms with Crippen molar-refractivity contribution in [2.45, 2.75) is 220 Å². The zero-order valence-electron chi connectivity index (χ0n) is 62.5. The standard InChI is InChI=1S/C69H108N20O18/c1-13-37(8)58(69(107)79-38(9)20-34(2)3)89-56(94)31-75-60(98)40(11)81-61(99)41(12)82-65(103)51(25-44-28-73-33-78-44)88-68(106)52(26-53(71)91)83-55(93)30-74-59(97)39(10)80-54(92)29-76-63(101)50(24-43-27-72-32-77-43)87-67(105)49(22-36(6)7)86-66(104)48(21-35(4)5)85-64(102)47(18-19-57(95)96)84-62(100)46(70)23-42-14-16-45(90)17-15-42/h14-17,27-28,32-41,46-52,58,90H,13,18-26,29-31,70H2,1-12H3,(H2,71,91)(H,72,77)(H,73,78)(H,74,97)(H,75,98)(H,76,101)(H,79,107)(H,80,92)(H,81,99)(H,82,103)(H,83,93)(H,84,100)(H,85,102)(H,86,104)(H,87,105)(H,88,106)(H,89,94)(H,95,96)/t37-,38+,39-,40-,41-,46-,47-,48-,49-,50-,51-,52-,58-/m0/s1. The van der Waals surface area contributed by atoms with Gasteiger partial charge in [-0.2, -0.15) is 0 Å². The second-order valence-electron chi connectivity index (χ2n) is 27.7. The van der Waals surface area contributed by atoms with E-state index in [2.05, 4.69) is 94.4 Å². The fraction of sp³-hybridized carbons (Fsp3) is 0.594. The van der Waals surface area contributed by atoms with Gasteiger partial charge in [0.1, 0.15) is 66.2 Å². The maximum Gasteiger partial charge on any atom is 0.303 e. The number of rotatable bonds is 47. The number of primary amides is 1. The molecule has 1 aromatic carbocycles. The van der Waals surface area contributed by atoms with Gasteiger partial charge in [0.25, 0.3) is 0 Å². The number of amides is 15. The van der Waals surface area contributed by atoms with Crippen molar-refractivity contribution in [3.63, 3.8) is 0 Å². The number of phenolic OH excluding ortho intramolecular Hbond substituents is 1. The summed E-state index contributed by atoms with van der Waals surface area (Å²) in [6, 6.07) is -9.23. The van der Waals surface area contributed by atoms with Crippen LogP contribution in [0.15, 0.2) is 49.3 Å². The molecule has 15 amide bonds. The number of aromatic hydroxyl groups is 1. The molecule has 3 rings (SSSR count). The number of hydrogen-bond donors (Lipinski definition) is 20. The Morgan fingerprint density at radius 2 is 0.850 bits per heavy atom. The van der Waals surface area contributed by atoms with Crippen LogP contribution in [0.25, 0.3) is 0 Å². The number of nitrogens with zero attached hydrogens (tertiary/aromatic N) is 2. The lowest BCUT2D eigenvalue weighted by molar-refractivity contribution is -0.138. The van der Waals surface area contributed by atoms with Gasteiger partial charge in [0.05, 0.1) is 44.8 Å². The molecule has 0 aliphatic rings. The van der Waals surface area contributed by atoms with Crippen LogP contribution < -0.4 is 85.9 Å². The third-order valence-electron chi connectivity index (χ3n) is 16.5. The minimum atomic E-state index is -1.76. The molecule has 0 fully saturated rings. The SMILES string of the molecule is CC[C@H](C)[C@H](NC(=O)CNC(=O)[C@H](C)NC(=O)[C@H](C)NC(=O)[C@H](Cc1cnc[nH]1)NC(=O)[C@H](CC(N)=O)NC(=O)CNC(=O)[C@H](C)NC(=O)CNC(=O)[C@H](Cc1cnc[nH]1)NC(=O)[C@H](CC(C)C)NC(=O)[C@H](CC(C)C)NC(=O)[C@H](CCC(=O)O)NC(=O)[C@@H](N)Cc1ccc(O)cc1)C(=O)N[C@H](C)CC(C)C. The Hall–Kier alpha value is -11.1. The Balaban J connectivity index is 1.64. The van der Waals surface area contributed by atoms with E-state index in [1.54, 1.807) is 46.8 Å². The van der Waals surface area contributed by atoms with E-state index in [4.69, 9.17) is 11.5 Å². The summed E-state index contributed by atoms with van der Waals surface area (Å²) < 4.78 is 0. The van der Waals surface area contributed by atoms with Crippen molar-refractivity contribution in [3.8, 4) is 5.75 Å². The minimum absolute atomic E-state index is 0.00306. The number of nitrogens with two attached hydrogens (primary N) is 2. The molecule has 0 spiro atoms. The van der Waals surface area contributed by atoms with Crippen LogP contribution >= 0.6 is 0 Å². The summed E-state index contributed by atoms with van der Waals surface area (Å²) >= 11 is 0. The highest BCUT2D eigenvalue weighted by Crippen LogP contribution is 2.15. The number of aliphatic carboxylic acids is 1. The van der Waals surface area contributed by atoms with Crippen molar-refractivity contribution in [1.82, 2.24) is 94.4 Å². The fourth-order valence-electron chi connectivity index (χ4n) is 10.7. The molecule has 0 bridgehead atoms. The molecule has 0 radical (unpaired) electrons. The first-order valence-electron chi connectivity index (χ1n) is 35.4. The second kappa shape index (κ2) is 45.3. The number of carboxylic acid groups (broad SMARTS) is 1. The molecule has 0 unspecified atom stereocenters.